The van der Waals surface area contributed by atoms with Crippen molar-refractivity contribution in [2.24, 2.45) is 65.9 Å². The molecular weight excluding hydrogens is 819 g/mol. The average Bonchev–Trinajstić information content (AvgIpc) is 3.70. The van der Waals surface area contributed by atoms with Crippen LogP contribution in [0, 0.1) is 0 Å². The molecular formula is C38H50Cl2N14O4S. The van der Waals surface area contributed by atoms with E-state index in [1.54, 1.807) is 12.1 Å². The van der Waals surface area contributed by atoms with Crippen LogP contribution in [0.15, 0.2) is 153 Å². The zero-order valence-corrected chi connectivity index (χ0v) is 36.6. The van der Waals surface area contributed by atoms with E-state index in [4.69, 9.17) is 11.0 Å². The molecule has 0 unspecified atom stereocenters. The first-order chi connectivity index (χ1) is 27.1. The van der Waals surface area contributed by atoms with Gasteiger partial charge in [-0.1, -0.05) is 16.3 Å². The predicted molar refractivity (Wildman–Crippen MR) is 217 cm³/mol. The molecule has 3 aromatic carbocycles. The lowest BCUT2D eigenvalue weighted by atomic mass is 10.3. The van der Waals surface area contributed by atoms with Gasteiger partial charge in [-0.05, 0) is 84.0 Å². The molecule has 0 aliphatic rings. The number of rotatable bonds is 9. The molecule has 0 atom stereocenters. The minimum absolute atomic E-state index is 0. The Morgan fingerprint density at radius 3 is 1.46 bits per heavy atom. The van der Waals surface area contributed by atoms with Crippen molar-refractivity contribution >= 4 is 62.0 Å². The minimum atomic E-state index is -3.72. The van der Waals surface area contributed by atoms with Gasteiger partial charge in [-0.15, -0.1) is 0 Å². The summed E-state index contributed by atoms with van der Waals surface area (Å²) in [6.07, 6.45) is 10.4. The van der Waals surface area contributed by atoms with E-state index in [1.807, 2.05) is 189 Å². The highest BCUT2D eigenvalue weighted by Crippen LogP contribution is 2.21. The topological polar surface area (TPSA) is 203 Å². The average molecular weight is 870 g/mol. The van der Waals surface area contributed by atoms with Crippen molar-refractivity contribution in [3.8, 4) is 0 Å². The van der Waals surface area contributed by atoms with Gasteiger partial charge in [0.15, 0.2) is 0 Å². The molecule has 0 saturated heterocycles. The lowest BCUT2D eigenvalue weighted by molar-refractivity contribution is -0.658. The smallest absolute Gasteiger partial charge is 0.421 e. The number of imidazole rings is 2. The van der Waals surface area contributed by atoms with Crippen LogP contribution in [0.5, 0.6) is 0 Å². The van der Waals surface area contributed by atoms with Gasteiger partial charge in [0.1, 0.15) is 17.1 Å². The summed E-state index contributed by atoms with van der Waals surface area (Å²) in [5.41, 5.74) is 11.0. The molecule has 0 bridgehead atoms. The number of nitrogens with zero attached hydrogens (tertiary/aromatic N) is 12. The van der Waals surface area contributed by atoms with Crippen molar-refractivity contribution in [3.63, 3.8) is 0 Å². The molecule has 0 fully saturated rings. The van der Waals surface area contributed by atoms with E-state index < -0.39 is 10.1 Å². The van der Waals surface area contributed by atoms with Gasteiger partial charge >= 0.3 is 17.7 Å². The van der Waals surface area contributed by atoms with E-state index in [-0.39, 0.29) is 24.8 Å². The normalized spacial score (nSPS) is 10.7. The van der Waals surface area contributed by atoms with Gasteiger partial charge in [0, 0.05) is 54.5 Å². The van der Waals surface area contributed by atoms with Crippen LogP contribution >= 0.6 is 0 Å². The van der Waals surface area contributed by atoms with Crippen molar-refractivity contribution in [3.05, 3.63) is 122 Å². The number of nitrogens with one attached hydrogen (secondary N) is 1. The number of hydrogen-bond donors (Lipinski definition) is 2. The molecule has 3 aromatic heterocycles. The van der Waals surface area contributed by atoms with Crippen LogP contribution in [0.3, 0.4) is 0 Å². The van der Waals surface area contributed by atoms with Gasteiger partial charge in [-0.3, -0.25) is 0 Å². The first-order valence-corrected chi connectivity index (χ1v) is 19.1. The SMILES string of the molecule is CN(C)c1ccc(N=Nc2cccc[n+]2C)cc1.CNc1ccc(N=Nc2n(C)cc[n+]2C)cc1.CS(=O)(=O)O[O-].Cn1cc[n+](C)c1N=Nc1ccc(N)cc1.[Cl-].[Cl-]. The molecule has 0 aliphatic carbocycles. The summed E-state index contributed by atoms with van der Waals surface area (Å²) < 4.78 is 31.2. The van der Waals surface area contributed by atoms with E-state index in [1.165, 1.54) is 0 Å². The van der Waals surface area contributed by atoms with Crippen molar-refractivity contribution < 1.29 is 56.5 Å². The number of azo groups is 3. The molecule has 21 heteroatoms. The number of aromatic nitrogens is 5. The van der Waals surface area contributed by atoms with E-state index in [2.05, 4.69) is 45.2 Å². The Morgan fingerprint density at radius 1 is 0.661 bits per heavy atom. The molecule has 6 aromatic rings. The lowest BCUT2D eigenvalue weighted by Crippen LogP contribution is -3.00. The summed E-state index contributed by atoms with van der Waals surface area (Å²) >= 11 is 0. The highest BCUT2D eigenvalue weighted by atomic mass is 35.5. The second kappa shape index (κ2) is 25.3. The lowest BCUT2D eigenvalue weighted by Gasteiger charge is -2.11. The Hall–Kier alpha value is -6.12. The van der Waals surface area contributed by atoms with E-state index in [9.17, 15) is 8.42 Å². The fourth-order valence-corrected chi connectivity index (χ4v) is 4.43. The standard InChI is InChI=1S/C14H17N4.C12H15N5.C11H13N5.CH4O4S.2ClH/c1-17(2)13-9-7-12(8-10-13)15-16-14-6-4-5-11-18(14)3;1-13-10-4-6-11(7-5-10)14-15-12-16(2)8-9-17(12)3;1-15-7-8-16(2)11(15)14-13-10-5-3-9(12)4-6-10;1-6(3,4)5-2;;/h4-11H,1-3H3;4-9H,1-3H3;3-8,12H,1-2H3;2H,1H3;2*1H/q+1;;;;;/p-1. The molecule has 0 aliphatic heterocycles. The molecule has 0 saturated carbocycles. The van der Waals surface area contributed by atoms with Gasteiger partial charge < -0.3 is 50.4 Å². The maximum atomic E-state index is 9.47. The van der Waals surface area contributed by atoms with E-state index in [0.717, 1.165) is 51.8 Å². The summed E-state index contributed by atoms with van der Waals surface area (Å²) in [5.74, 6) is 2.42. The molecule has 0 radical (unpaired) electrons. The van der Waals surface area contributed by atoms with Crippen molar-refractivity contribution in [1.82, 2.24) is 9.13 Å². The van der Waals surface area contributed by atoms with Gasteiger partial charge in [0.25, 0.3) is 10.1 Å². The van der Waals surface area contributed by atoms with E-state index >= 15 is 0 Å². The first-order valence-electron chi connectivity index (χ1n) is 17.2. The molecule has 0 amide bonds. The Labute approximate surface area is 357 Å². The van der Waals surface area contributed by atoms with Gasteiger partial charge in [0.05, 0.1) is 77.6 Å². The monoisotopic (exact) mass is 868 g/mol. The second-order valence-electron chi connectivity index (χ2n) is 12.5. The van der Waals surface area contributed by atoms with Gasteiger partial charge in [-0.25, -0.2) is 31.3 Å². The summed E-state index contributed by atoms with van der Waals surface area (Å²) in [7, 11) is 11.9. The third-order valence-electron chi connectivity index (χ3n) is 7.63. The number of halogens is 2. The first kappa shape index (κ1) is 50.9. The van der Waals surface area contributed by atoms with Crippen LogP contribution in [0.25, 0.3) is 0 Å². The number of nitrogens with two attached hydrogens (primary N) is 1. The summed E-state index contributed by atoms with van der Waals surface area (Å²) in [4.78, 5) is 2.05. The van der Waals surface area contributed by atoms with Crippen molar-refractivity contribution in [2.45, 2.75) is 0 Å². The fraction of sp³-hybridized carbons (Fsp3) is 0.237. The summed E-state index contributed by atoms with van der Waals surface area (Å²) in [5, 5.41) is 37.1. The zero-order chi connectivity index (χ0) is 42.0. The number of nitrogen functional groups attached to an aromatic ring is 1. The van der Waals surface area contributed by atoms with Crippen molar-refractivity contribution in [1.29, 1.82) is 0 Å². The highest BCUT2D eigenvalue weighted by Gasteiger charge is 2.11. The fourth-order valence-electron chi connectivity index (χ4n) is 4.43. The van der Waals surface area contributed by atoms with Gasteiger partial charge in [-0.2, -0.15) is 0 Å². The van der Waals surface area contributed by atoms with E-state index in [0.29, 0.717) is 6.26 Å². The molecule has 6 rings (SSSR count). The number of anilines is 3. The maximum absolute atomic E-state index is 9.47. The summed E-state index contributed by atoms with van der Waals surface area (Å²) in [6, 6.07) is 28.9. The van der Waals surface area contributed by atoms with Crippen LogP contribution < -0.4 is 59.7 Å². The third-order valence-corrected chi connectivity index (χ3v) is 7.88. The number of hydrogen-bond acceptors (Lipinski definition) is 13. The Balaban J connectivity index is 0.000000408. The number of pyridine rings is 1. The second-order valence-corrected chi connectivity index (χ2v) is 14.0. The molecule has 59 heavy (non-hydrogen) atoms. The Bertz CT molecular complexity index is 2310. The van der Waals surface area contributed by atoms with Crippen molar-refractivity contribution in [2.75, 3.05) is 43.3 Å². The maximum Gasteiger partial charge on any atom is 0.421 e. The quantitative estimate of drug-likeness (QED) is 0.0635. The largest absolute Gasteiger partial charge is 1.00 e. The van der Waals surface area contributed by atoms with Crippen LogP contribution in [0.1, 0.15) is 0 Å². The third kappa shape index (κ3) is 17.9. The number of aryl methyl sites for hydroxylation is 5. The summed E-state index contributed by atoms with van der Waals surface area (Å²) in [6.45, 7) is 0. The van der Waals surface area contributed by atoms with Crippen LogP contribution in [0.2, 0.25) is 0 Å². The molecule has 3 heterocycles. The Kier molecular flexibility index (Phi) is 21.8. The number of benzene rings is 3. The van der Waals surface area contributed by atoms with Crippen LogP contribution in [-0.4, -0.2) is 45.0 Å². The predicted octanol–water partition coefficient (Wildman–Crippen LogP) is -0.608. The molecule has 0 spiro atoms. The molecule has 316 valence electrons. The molecule has 18 nitrogen and oxygen atoms in total. The van der Waals surface area contributed by atoms with Gasteiger partial charge in [0.2, 0.25) is 0 Å². The minimum Gasteiger partial charge on any atom is -1.00 e. The highest BCUT2D eigenvalue weighted by molar-refractivity contribution is 7.85. The van der Waals surface area contributed by atoms with Crippen LogP contribution in [-0.2, 0) is 49.7 Å². The molecule has 3 N–H and O–H groups in total. The zero-order valence-electron chi connectivity index (χ0n) is 34.3. The Morgan fingerprint density at radius 2 is 1.08 bits per heavy atom. The van der Waals surface area contributed by atoms with Crippen LogP contribution in [0.4, 0.5) is 51.8 Å².